The molecule has 1 aromatic carbocycles. The zero-order chi connectivity index (χ0) is 9.35. The smallest absolute Gasteiger partial charge is 0.205 e. The summed E-state index contributed by atoms with van der Waals surface area (Å²) >= 11 is 5.14. The lowest BCUT2D eigenvalue weighted by Gasteiger charge is -2.07. The van der Waals surface area contributed by atoms with E-state index in [4.69, 9.17) is 11.6 Å². The summed E-state index contributed by atoms with van der Waals surface area (Å²) < 4.78 is 48.4. The Bertz CT molecular complexity index is 292. The van der Waals surface area contributed by atoms with Crippen LogP contribution in [0.25, 0.3) is 0 Å². The SMILES string of the molecule is Fc1c(Cl)cccc1C(F)(F)F. The summed E-state index contributed by atoms with van der Waals surface area (Å²) in [5.41, 5.74) is -1.34. The van der Waals surface area contributed by atoms with Crippen LogP contribution in [0.1, 0.15) is 5.56 Å². The quantitative estimate of drug-likeness (QED) is 0.560. The number of hydrogen-bond acceptors (Lipinski definition) is 0. The van der Waals surface area contributed by atoms with Gasteiger partial charge in [0.05, 0.1) is 10.6 Å². The van der Waals surface area contributed by atoms with Gasteiger partial charge in [-0.25, -0.2) is 4.39 Å². The van der Waals surface area contributed by atoms with Crippen LogP contribution in [0, 0.1) is 5.82 Å². The van der Waals surface area contributed by atoms with Gasteiger partial charge in [0.2, 0.25) is 0 Å². The van der Waals surface area contributed by atoms with Crippen LogP contribution in [0.2, 0.25) is 5.02 Å². The Hall–Kier alpha value is -0.770. The predicted octanol–water partition coefficient (Wildman–Crippen LogP) is 3.50. The highest BCUT2D eigenvalue weighted by Gasteiger charge is 2.34. The molecule has 0 amide bonds. The molecule has 0 aliphatic rings. The summed E-state index contributed by atoms with van der Waals surface area (Å²) in [6.07, 6.45) is -4.69. The standard InChI is InChI=1S/C7H3ClF4/c8-5-3-1-2-4(6(5)9)7(10,11)12/h1-3H. The first-order valence-electron chi connectivity index (χ1n) is 2.94. The van der Waals surface area contributed by atoms with Crippen molar-refractivity contribution in [1.29, 1.82) is 0 Å². The molecule has 0 aliphatic carbocycles. The molecule has 1 aromatic rings. The molecule has 0 N–H and O–H groups in total. The third kappa shape index (κ3) is 1.69. The van der Waals surface area contributed by atoms with Crippen LogP contribution in [0.4, 0.5) is 17.6 Å². The number of alkyl halides is 3. The Labute approximate surface area is 70.8 Å². The van der Waals surface area contributed by atoms with Gasteiger partial charge >= 0.3 is 6.18 Å². The second-order valence-electron chi connectivity index (χ2n) is 2.10. The predicted molar refractivity (Wildman–Crippen MR) is 36.4 cm³/mol. The molecule has 0 unspecified atom stereocenters. The van der Waals surface area contributed by atoms with Gasteiger partial charge in [-0.2, -0.15) is 13.2 Å². The number of hydrogen-bond donors (Lipinski definition) is 0. The maximum atomic E-state index is 12.6. The lowest BCUT2D eigenvalue weighted by Crippen LogP contribution is -2.07. The van der Waals surface area contributed by atoms with Crippen molar-refractivity contribution < 1.29 is 17.6 Å². The van der Waals surface area contributed by atoms with Crippen LogP contribution >= 0.6 is 11.6 Å². The lowest BCUT2D eigenvalue weighted by atomic mass is 10.2. The van der Waals surface area contributed by atoms with Crippen molar-refractivity contribution in [3.05, 3.63) is 34.6 Å². The summed E-state index contributed by atoms with van der Waals surface area (Å²) in [4.78, 5) is 0. The molecule has 0 radical (unpaired) electrons. The summed E-state index contributed by atoms with van der Waals surface area (Å²) in [5, 5.41) is -0.523. The summed E-state index contributed by atoms with van der Waals surface area (Å²) in [6, 6.07) is 2.75. The minimum atomic E-state index is -4.69. The average molecular weight is 199 g/mol. The molecule has 66 valence electrons. The van der Waals surface area contributed by atoms with E-state index in [1.807, 2.05) is 0 Å². The molecule has 0 aliphatic heterocycles. The van der Waals surface area contributed by atoms with Crippen molar-refractivity contribution in [2.75, 3.05) is 0 Å². The molecule has 5 heteroatoms. The molecule has 0 saturated heterocycles. The summed E-state index contributed by atoms with van der Waals surface area (Å²) in [5.74, 6) is -1.42. The van der Waals surface area contributed by atoms with Gasteiger partial charge in [-0.1, -0.05) is 17.7 Å². The fourth-order valence-corrected chi connectivity index (χ4v) is 0.897. The first-order chi connectivity index (χ1) is 5.43. The van der Waals surface area contributed by atoms with Crippen LogP contribution in [-0.4, -0.2) is 0 Å². The highest BCUT2D eigenvalue weighted by atomic mass is 35.5. The minimum Gasteiger partial charge on any atom is -0.205 e. The van der Waals surface area contributed by atoms with Gasteiger partial charge in [-0.15, -0.1) is 0 Å². The van der Waals surface area contributed by atoms with Gasteiger partial charge in [-0.3, -0.25) is 0 Å². The van der Waals surface area contributed by atoms with E-state index in [1.165, 1.54) is 0 Å². The monoisotopic (exact) mass is 198 g/mol. The van der Waals surface area contributed by atoms with Crippen LogP contribution in [0.3, 0.4) is 0 Å². The second-order valence-corrected chi connectivity index (χ2v) is 2.51. The number of rotatable bonds is 0. The van der Waals surface area contributed by atoms with Crippen molar-refractivity contribution in [3.8, 4) is 0 Å². The largest absolute Gasteiger partial charge is 0.419 e. The molecule has 0 heterocycles. The van der Waals surface area contributed by atoms with Gasteiger partial charge in [0, 0.05) is 0 Å². The van der Waals surface area contributed by atoms with Crippen molar-refractivity contribution in [1.82, 2.24) is 0 Å². The van der Waals surface area contributed by atoms with Crippen molar-refractivity contribution in [3.63, 3.8) is 0 Å². The van der Waals surface area contributed by atoms with E-state index >= 15 is 0 Å². The van der Waals surface area contributed by atoms with Crippen LogP contribution < -0.4 is 0 Å². The van der Waals surface area contributed by atoms with E-state index in [-0.39, 0.29) is 0 Å². The molecule has 0 nitrogen and oxygen atoms in total. The first kappa shape index (κ1) is 9.32. The maximum absolute atomic E-state index is 12.6. The van der Waals surface area contributed by atoms with E-state index in [0.29, 0.717) is 6.07 Å². The van der Waals surface area contributed by atoms with E-state index in [1.54, 1.807) is 0 Å². The van der Waals surface area contributed by atoms with Crippen molar-refractivity contribution in [2.24, 2.45) is 0 Å². The second kappa shape index (κ2) is 2.94. The highest BCUT2D eigenvalue weighted by Crippen LogP contribution is 2.33. The Morgan fingerprint density at radius 1 is 1.17 bits per heavy atom. The molecule has 0 saturated carbocycles. The summed E-state index contributed by atoms with van der Waals surface area (Å²) in [7, 11) is 0. The molecular weight excluding hydrogens is 196 g/mol. The van der Waals surface area contributed by atoms with E-state index < -0.39 is 22.6 Å². The van der Waals surface area contributed by atoms with Gasteiger partial charge < -0.3 is 0 Å². The van der Waals surface area contributed by atoms with Crippen LogP contribution in [0.5, 0.6) is 0 Å². The van der Waals surface area contributed by atoms with Gasteiger partial charge in [0.25, 0.3) is 0 Å². The van der Waals surface area contributed by atoms with Gasteiger partial charge in [-0.05, 0) is 12.1 Å². The minimum absolute atomic E-state index is 0.523. The third-order valence-electron chi connectivity index (χ3n) is 1.26. The maximum Gasteiger partial charge on any atom is 0.419 e. The van der Waals surface area contributed by atoms with Gasteiger partial charge in [0.1, 0.15) is 0 Å². The van der Waals surface area contributed by atoms with Crippen molar-refractivity contribution >= 4 is 11.6 Å². The number of halogens is 5. The number of benzene rings is 1. The Morgan fingerprint density at radius 2 is 1.75 bits per heavy atom. The fourth-order valence-electron chi connectivity index (χ4n) is 0.723. The molecule has 0 bridgehead atoms. The molecule has 12 heavy (non-hydrogen) atoms. The molecule has 0 atom stereocenters. The van der Waals surface area contributed by atoms with E-state index in [9.17, 15) is 17.6 Å². The topological polar surface area (TPSA) is 0 Å². The zero-order valence-electron chi connectivity index (χ0n) is 5.62. The first-order valence-corrected chi connectivity index (χ1v) is 3.32. The van der Waals surface area contributed by atoms with Crippen LogP contribution in [-0.2, 0) is 6.18 Å². The molecular formula is C7H3ClF4. The van der Waals surface area contributed by atoms with Crippen LogP contribution in [0.15, 0.2) is 18.2 Å². The molecule has 0 aromatic heterocycles. The Kier molecular flexibility index (Phi) is 2.28. The zero-order valence-corrected chi connectivity index (χ0v) is 6.38. The fraction of sp³-hybridized carbons (Fsp3) is 0.143. The Morgan fingerprint density at radius 3 is 2.17 bits per heavy atom. The molecule has 0 fully saturated rings. The molecule has 0 spiro atoms. The summed E-state index contributed by atoms with van der Waals surface area (Å²) in [6.45, 7) is 0. The lowest BCUT2D eigenvalue weighted by molar-refractivity contribution is -0.139. The normalized spacial score (nSPS) is 11.8. The molecule has 1 rings (SSSR count). The average Bonchev–Trinajstić information content (AvgIpc) is 1.92. The van der Waals surface area contributed by atoms with Gasteiger partial charge in [0.15, 0.2) is 5.82 Å². The highest BCUT2D eigenvalue weighted by molar-refractivity contribution is 6.30. The Balaban J connectivity index is 3.26. The third-order valence-corrected chi connectivity index (χ3v) is 1.55. The van der Waals surface area contributed by atoms with E-state index in [2.05, 4.69) is 0 Å². The van der Waals surface area contributed by atoms with Crippen molar-refractivity contribution in [2.45, 2.75) is 6.18 Å². The van der Waals surface area contributed by atoms with E-state index in [0.717, 1.165) is 12.1 Å².